The molecule has 2 aliphatic rings. The zero-order valence-electron chi connectivity index (χ0n) is 15.1. The SMILES string of the molecule is C[C@H]1CN2C(=N[C@@H](c3ccccn3)[C@@H]2c2cccn2Cc2cccnc2)S1. The van der Waals surface area contributed by atoms with Crippen molar-refractivity contribution in [2.24, 2.45) is 4.99 Å². The van der Waals surface area contributed by atoms with Crippen LogP contribution in [0.5, 0.6) is 0 Å². The number of aromatic nitrogens is 3. The molecule has 0 aromatic carbocycles. The van der Waals surface area contributed by atoms with Gasteiger partial charge in [0.15, 0.2) is 5.17 Å². The number of rotatable bonds is 4. The molecule has 3 aromatic heterocycles. The molecule has 0 aliphatic carbocycles. The summed E-state index contributed by atoms with van der Waals surface area (Å²) in [6, 6.07) is 14.8. The number of pyridine rings is 2. The van der Waals surface area contributed by atoms with Crippen LogP contribution in [0.1, 0.15) is 36.0 Å². The molecule has 27 heavy (non-hydrogen) atoms. The fraction of sp³-hybridized carbons (Fsp3) is 0.286. The maximum atomic E-state index is 5.07. The molecular weight excluding hydrogens is 354 g/mol. The molecule has 1 fully saturated rings. The first-order valence-electron chi connectivity index (χ1n) is 9.25. The van der Waals surface area contributed by atoms with Crippen molar-refractivity contribution in [1.29, 1.82) is 0 Å². The van der Waals surface area contributed by atoms with E-state index >= 15 is 0 Å². The monoisotopic (exact) mass is 375 g/mol. The topological polar surface area (TPSA) is 46.3 Å². The number of hydrogen-bond donors (Lipinski definition) is 0. The second-order valence-electron chi connectivity index (χ2n) is 7.06. The zero-order chi connectivity index (χ0) is 18.2. The van der Waals surface area contributed by atoms with Gasteiger partial charge in [0, 0.05) is 48.8 Å². The van der Waals surface area contributed by atoms with Gasteiger partial charge in [0.2, 0.25) is 0 Å². The second kappa shape index (κ2) is 6.85. The molecule has 0 bridgehead atoms. The highest BCUT2D eigenvalue weighted by Gasteiger charge is 2.44. The van der Waals surface area contributed by atoms with Crippen molar-refractivity contribution < 1.29 is 0 Å². The average molecular weight is 376 g/mol. The zero-order valence-corrected chi connectivity index (χ0v) is 16.0. The summed E-state index contributed by atoms with van der Waals surface area (Å²) in [4.78, 5) is 16.4. The summed E-state index contributed by atoms with van der Waals surface area (Å²) in [5.41, 5.74) is 3.52. The van der Waals surface area contributed by atoms with Crippen molar-refractivity contribution in [2.45, 2.75) is 30.8 Å². The molecule has 5 heterocycles. The highest BCUT2D eigenvalue weighted by Crippen LogP contribution is 2.47. The molecule has 3 aromatic rings. The second-order valence-corrected chi connectivity index (χ2v) is 8.46. The van der Waals surface area contributed by atoms with E-state index in [4.69, 9.17) is 4.99 Å². The maximum Gasteiger partial charge on any atom is 0.160 e. The molecule has 0 radical (unpaired) electrons. The molecule has 0 N–H and O–H groups in total. The minimum absolute atomic E-state index is 0.0312. The van der Waals surface area contributed by atoms with Crippen LogP contribution in [0.3, 0.4) is 0 Å². The van der Waals surface area contributed by atoms with Gasteiger partial charge in [-0.05, 0) is 35.9 Å². The lowest BCUT2D eigenvalue weighted by atomic mass is 10.0. The van der Waals surface area contributed by atoms with Gasteiger partial charge < -0.3 is 9.47 Å². The Bertz CT molecular complexity index is 953. The average Bonchev–Trinajstić information content (AvgIpc) is 3.37. The van der Waals surface area contributed by atoms with Gasteiger partial charge in [0.1, 0.15) is 6.04 Å². The largest absolute Gasteiger partial charge is 0.345 e. The van der Waals surface area contributed by atoms with E-state index in [9.17, 15) is 0 Å². The number of fused-ring (bicyclic) bond motifs is 1. The summed E-state index contributed by atoms with van der Waals surface area (Å²) in [5.74, 6) is 0. The van der Waals surface area contributed by atoms with E-state index in [0.717, 1.165) is 24.0 Å². The molecule has 0 unspecified atom stereocenters. The third kappa shape index (κ3) is 3.04. The Morgan fingerprint density at radius 1 is 1.11 bits per heavy atom. The first-order chi connectivity index (χ1) is 13.3. The summed E-state index contributed by atoms with van der Waals surface area (Å²) in [6.07, 6.45) is 7.77. The fourth-order valence-corrected chi connectivity index (χ4v) is 5.06. The molecule has 6 heteroatoms. The van der Waals surface area contributed by atoms with Crippen molar-refractivity contribution in [3.05, 3.63) is 84.2 Å². The highest BCUT2D eigenvalue weighted by molar-refractivity contribution is 8.14. The van der Waals surface area contributed by atoms with Gasteiger partial charge in [-0.1, -0.05) is 30.8 Å². The Balaban J connectivity index is 1.53. The first kappa shape index (κ1) is 16.6. The molecule has 3 atom stereocenters. The quantitative estimate of drug-likeness (QED) is 0.693. The van der Waals surface area contributed by atoms with Crippen LogP contribution >= 0.6 is 11.8 Å². The molecule has 5 rings (SSSR count). The van der Waals surface area contributed by atoms with E-state index in [0.29, 0.717) is 5.25 Å². The van der Waals surface area contributed by atoms with Crippen LogP contribution in [-0.2, 0) is 6.54 Å². The van der Waals surface area contributed by atoms with Crippen molar-refractivity contribution in [3.8, 4) is 0 Å². The van der Waals surface area contributed by atoms with Crippen LogP contribution in [0.2, 0.25) is 0 Å². The van der Waals surface area contributed by atoms with Gasteiger partial charge in [0.05, 0.1) is 11.7 Å². The van der Waals surface area contributed by atoms with Crippen molar-refractivity contribution >= 4 is 16.9 Å². The van der Waals surface area contributed by atoms with Gasteiger partial charge in [0.25, 0.3) is 0 Å². The predicted molar refractivity (Wildman–Crippen MR) is 109 cm³/mol. The van der Waals surface area contributed by atoms with E-state index in [2.05, 4.69) is 56.8 Å². The number of aliphatic imine (C=N–C) groups is 1. The van der Waals surface area contributed by atoms with E-state index < -0.39 is 0 Å². The normalized spacial score (nSPS) is 24.1. The summed E-state index contributed by atoms with van der Waals surface area (Å²) < 4.78 is 2.32. The Kier molecular flexibility index (Phi) is 4.20. The summed E-state index contributed by atoms with van der Waals surface area (Å²) in [5, 5.41) is 1.72. The minimum atomic E-state index is 0.0312. The lowest BCUT2D eigenvalue weighted by Crippen LogP contribution is -2.30. The van der Waals surface area contributed by atoms with Gasteiger partial charge in [-0.15, -0.1) is 0 Å². The molecule has 1 saturated heterocycles. The van der Waals surface area contributed by atoms with Gasteiger partial charge in [-0.3, -0.25) is 15.0 Å². The van der Waals surface area contributed by atoms with Gasteiger partial charge in [-0.2, -0.15) is 0 Å². The Morgan fingerprint density at radius 3 is 2.89 bits per heavy atom. The molecular formula is C21H21N5S. The van der Waals surface area contributed by atoms with E-state index in [1.165, 1.54) is 11.3 Å². The third-order valence-corrected chi connectivity index (χ3v) is 6.23. The van der Waals surface area contributed by atoms with Gasteiger partial charge in [-0.25, -0.2) is 0 Å². The van der Waals surface area contributed by atoms with Gasteiger partial charge >= 0.3 is 0 Å². The molecule has 0 amide bonds. The predicted octanol–water partition coefficient (Wildman–Crippen LogP) is 3.92. The van der Waals surface area contributed by atoms with Crippen molar-refractivity contribution in [3.63, 3.8) is 0 Å². The molecule has 0 spiro atoms. The number of thioether (sulfide) groups is 1. The molecule has 0 saturated carbocycles. The number of amidine groups is 1. The van der Waals surface area contributed by atoms with Crippen LogP contribution in [0.15, 0.2) is 72.2 Å². The van der Waals surface area contributed by atoms with Crippen LogP contribution in [0.25, 0.3) is 0 Å². The molecule has 2 aliphatic heterocycles. The first-order valence-corrected chi connectivity index (χ1v) is 10.1. The summed E-state index contributed by atoms with van der Waals surface area (Å²) in [7, 11) is 0. The number of hydrogen-bond acceptors (Lipinski definition) is 5. The third-order valence-electron chi connectivity index (χ3n) is 5.12. The fourth-order valence-electron chi connectivity index (χ4n) is 3.97. The smallest absolute Gasteiger partial charge is 0.160 e. The highest BCUT2D eigenvalue weighted by atomic mass is 32.2. The Labute approximate surface area is 163 Å². The Morgan fingerprint density at radius 2 is 2.07 bits per heavy atom. The van der Waals surface area contributed by atoms with Crippen LogP contribution in [0.4, 0.5) is 0 Å². The molecule has 136 valence electrons. The van der Waals surface area contributed by atoms with Crippen LogP contribution in [-0.4, -0.2) is 36.4 Å². The minimum Gasteiger partial charge on any atom is -0.345 e. The lowest BCUT2D eigenvalue weighted by molar-refractivity contribution is 0.308. The number of nitrogens with zero attached hydrogens (tertiary/aromatic N) is 5. The summed E-state index contributed by atoms with van der Waals surface area (Å²) >= 11 is 1.87. The van der Waals surface area contributed by atoms with E-state index in [-0.39, 0.29) is 12.1 Å². The standard InChI is InChI=1S/C21H21N5S/c1-15-13-26-20(19(24-21(26)27-15)17-7-2-3-10-23-17)18-8-5-11-25(18)14-16-6-4-9-22-12-16/h2-12,15,19-20H,13-14H2,1H3/t15-,19-,20-/m0/s1. The van der Waals surface area contributed by atoms with E-state index in [1.54, 1.807) is 0 Å². The van der Waals surface area contributed by atoms with Crippen molar-refractivity contribution in [2.75, 3.05) is 6.54 Å². The van der Waals surface area contributed by atoms with E-state index in [1.807, 2.05) is 48.6 Å². The lowest BCUT2D eigenvalue weighted by Gasteiger charge is -2.28. The maximum absolute atomic E-state index is 5.07. The van der Waals surface area contributed by atoms with Crippen LogP contribution < -0.4 is 0 Å². The molecule has 5 nitrogen and oxygen atoms in total. The Hall–Kier alpha value is -2.60. The van der Waals surface area contributed by atoms with Crippen LogP contribution in [0, 0.1) is 0 Å². The van der Waals surface area contributed by atoms with Crippen molar-refractivity contribution in [1.82, 2.24) is 19.4 Å². The summed E-state index contributed by atoms with van der Waals surface area (Å²) in [6.45, 7) is 4.11.